The van der Waals surface area contributed by atoms with Gasteiger partial charge in [-0.1, -0.05) is 48.0 Å². The maximum Gasteiger partial charge on any atom is 0.256 e. The first-order valence-electron chi connectivity index (χ1n) is 8.63. The number of nitrogens with two attached hydrogens (primary N) is 1. The van der Waals surface area contributed by atoms with Gasteiger partial charge in [0.05, 0.1) is 5.56 Å². The Morgan fingerprint density at radius 1 is 1.00 bits per heavy atom. The molecule has 3 rings (SSSR count). The highest BCUT2D eigenvalue weighted by atomic mass is 32.1. The number of rotatable bonds is 6. The maximum atomic E-state index is 12.7. The van der Waals surface area contributed by atoms with Gasteiger partial charge in [-0.15, -0.1) is 11.3 Å². The van der Waals surface area contributed by atoms with Crippen LogP contribution >= 0.6 is 11.3 Å². The molecule has 1 heterocycles. The molecule has 0 bridgehead atoms. The van der Waals surface area contributed by atoms with Crippen molar-refractivity contribution in [1.82, 2.24) is 5.32 Å². The molecule has 1 aromatic heterocycles. The van der Waals surface area contributed by atoms with Gasteiger partial charge in [0.25, 0.3) is 11.8 Å². The van der Waals surface area contributed by atoms with Crippen LogP contribution in [0.4, 0.5) is 5.00 Å². The summed E-state index contributed by atoms with van der Waals surface area (Å²) in [5, 5.41) is 8.09. The summed E-state index contributed by atoms with van der Waals surface area (Å²) in [5.41, 5.74) is 9.29. The first-order valence-corrected chi connectivity index (χ1v) is 9.51. The van der Waals surface area contributed by atoms with E-state index in [9.17, 15) is 9.59 Å². The van der Waals surface area contributed by atoms with Crippen LogP contribution in [0.3, 0.4) is 0 Å². The number of carbonyl (C=O) groups excluding carboxylic acids is 2. The maximum absolute atomic E-state index is 12.7. The fraction of sp³-hybridized carbons (Fsp3) is 0.143. The molecule has 138 valence electrons. The molecule has 0 unspecified atom stereocenters. The van der Waals surface area contributed by atoms with Crippen LogP contribution in [0.5, 0.6) is 0 Å². The first-order chi connectivity index (χ1) is 13.1. The number of amides is 2. The lowest BCUT2D eigenvalue weighted by Gasteiger charge is -2.10. The van der Waals surface area contributed by atoms with E-state index in [0.717, 1.165) is 16.7 Å². The van der Waals surface area contributed by atoms with Crippen LogP contribution in [0.1, 0.15) is 26.3 Å². The Balaban J connectivity index is 1.94. The molecule has 5 nitrogen and oxygen atoms in total. The van der Waals surface area contributed by atoms with Crippen LogP contribution in [0.2, 0.25) is 0 Å². The molecule has 27 heavy (non-hydrogen) atoms. The Hall–Kier alpha value is -2.96. The highest BCUT2D eigenvalue weighted by molar-refractivity contribution is 7.15. The van der Waals surface area contributed by atoms with Gasteiger partial charge in [-0.05, 0) is 24.6 Å². The minimum absolute atomic E-state index is 0.246. The second kappa shape index (κ2) is 8.62. The molecule has 0 saturated heterocycles. The lowest BCUT2D eigenvalue weighted by molar-refractivity contribution is 0.0956. The van der Waals surface area contributed by atoms with Crippen molar-refractivity contribution >= 4 is 28.2 Å². The van der Waals surface area contributed by atoms with Gasteiger partial charge in [0.2, 0.25) is 0 Å². The van der Waals surface area contributed by atoms with E-state index < -0.39 is 0 Å². The van der Waals surface area contributed by atoms with Crippen molar-refractivity contribution in [2.24, 2.45) is 5.73 Å². The molecular formula is C21H21N3O2S. The van der Waals surface area contributed by atoms with E-state index >= 15 is 0 Å². The molecule has 6 heteroatoms. The molecule has 0 aliphatic carbocycles. The number of hydrogen-bond acceptors (Lipinski definition) is 4. The number of anilines is 1. The highest BCUT2D eigenvalue weighted by Crippen LogP contribution is 2.35. The Bertz CT molecular complexity index is 934. The largest absolute Gasteiger partial charge is 0.351 e. The fourth-order valence-electron chi connectivity index (χ4n) is 2.66. The van der Waals surface area contributed by atoms with Gasteiger partial charge in [0.1, 0.15) is 5.00 Å². The van der Waals surface area contributed by atoms with Crippen LogP contribution in [0, 0.1) is 6.92 Å². The molecule has 0 atom stereocenters. The molecule has 4 N–H and O–H groups in total. The molecule has 0 aliphatic heterocycles. The molecule has 0 saturated carbocycles. The summed E-state index contributed by atoms with van der Waals surface area (Å²) in [7, 11) is 0. The molecule has 3 aromatic rings. The normalized spacial score (nSPS) is 10.4. The summed E-state index contributed by atoms with van der Waals surface area (Å²) in [6.07, 6.45) is 0. The summed E-state index contributed by atoms with van der Waals surface area (Å²) in [5.74, 6) is -0.496. The molecule has 0 fully saturated rings. The van der Waals surface area contributed by atoms with Crippen LogP contribution in [0.25, 0.3) is 11.1 Å². The minimum atomic E-state index is -0.250. The third-order valence-corrected chi connectivity index (χ3v) is 4.97. The molecular weight excluding hydrogens is 358 g/mol. The zero-order valence-electron chi connectivity index (χ0n) is 15.0. The Morgan fingerprint density at radius 2 is 1.70 bits per heavy atom. The van der Waals surface area contributed by atoms with E-state index in [2.05, 4.69) is 10.6 Å². The standard InChI is InChI=1S/C21H21N3O2S/c1-14-7-9-16(10-8-14)19(25)24-21-18(20(26)23-12-11-22)17(13-27-21)15-5-3-2-4-6-15/h2-10,13H,11-12,22H2,1H3,(H,23,26)(H,24,25). The topological polar surface area (TPSA) is 84.2 Å². The molecule has 2 aromatic carbocycles. The van der Waals surface area contributed by atoms with Gasteiger partial charge in [0.15, 0.2) is 0 Å². The number of benzene rings is 2. The van der Waals surface area contributed by atoms with Gasteiger partial charge < -0.3 is 16.4 Å². The van der Waals surface area contributed by atoms with Crippen molar-refractivity contribution < 1.29 is 9.59 Å². The zero-order chi connectivity index (χ0) is 19.2. The third kappa shape index (κ3) is 4.42. The summed E-state index contributed by atoms with van der Waals surface area (Å²) >= 11 is 1.33. The van der Waals surface area contributed by atoms with Crippen molar-refractivity contribution in [2.45, 2.75) is 6.92 Å². The summed E-state index contributed by atoms with van der Waals surface area (Å²) in [6, 6.07) is 16.9. The second-order valence-electron chi connectivity index (χ2n) is 6.08. The van der Waals surface area contributed by atoms with Crippen LogP contribution in [-0.2, 0) is 0 Å². The summed E-state index contributed by atoms with van der Waals surface area (Å²) in [6.45, 7) is 2.68. The minimum Gasteiger partial charge on any atom is -0.351 e. The van der Waals surface area contributed by atoms with Gasteiger partial charge in [-0.25, -0.2) is 0 Å². The van der Waals surface area contributed by atoms with Crippen molar-refractivity contribution in [1.29, 1.82) is 0 Å². The number of hydrogen-bond donors (Lipinski definition) is 3. The monoisotopic (exact) mass is 379 g/mol. The van der Waals surface area contributed by atoms with Gasteiger partial charge >= 0.3 is 0 Å². The third-order valence-electron chi connectivity index (χ3n) is 4.07. The zero-order valence-corrected chi connectivity index (χ0v) is 15.8. The lowest BCUT2D eigenvalue weighted by atomic mass is 10.0. The van der Waals surface area contributed by atoms with E-state index in [0.29, 0.717) is 29.2 Å². The predicted octanol–water partition coefficient (Wildman–Crippen LogP) is 3.66. The molecule has 2 amide bonds. The number of thiophene rings is 1. The van der Waals surface area contributed by atoms with E-state index in [1.807, 2.05) is 54.8 Å². The number of aryl methyl sites for hydroxylation is 1. The second-order valence-corrected chi connectivity index (χ2v) is 6.96. The smallest absolute Gasteiger partial charge is 0.256 e. The van der Waals surface area contributed by atoms with Gasteiger partial charge in [0, 0.05) is 29.6 Å². The number of nitrogens with one attached hydrogen (secondary N) is 2. The lowest BCUT2D eigenvalue weighted by Crippen LogP contribution is -2.29. The average Bonchev–Trinajstić information content (AvgIpc) is 3.11. The van der Waals surface area contributed by atoms with E-state index in [1.165, 1.54) is 11.3 Å². The van der Waals surface area contributed by atoms with Crippen LogP contribution in [0.15, 0.2) is 60.0 Å². The van der Waals surface area contributed by atoms with Gasteiger partial charge in [-0.3, -0.25) is 9.59 Å². The number of carbonyl (C=O) groups is 2. The Morgan fingerprint density at radius 3 is 2.37 bits per heavy atom. The molecule has 0 radical (unpaired) electrons. The summed E-state index contributed by atoms with van der Waals surface area (Å²) < 4.78 is 0. The summed E-state index contributed by atoms with van der Waals surface area (Å²) in [4.78, 5) is 25.3. The Labute approximate surface area is 162 Å². The fourth-order valence-corrected chi connectivity index (χ4v) is 3.62. The average molecular weight is 379 g/mol. The van der Waals surface area contributed by atoms with Gasteiger partial charge in [-0.2, -0.15) is 0 Å². The highest BCUT2D eigenvalue weighted by Gasteiger charge is 2.21. The van der Waals surface area contributed by atoms with Crippen molar-refractivity contribution in [2.75, 3.05) is 18.4 Å². The first kappa shape index (κ1) is 18.8. The van der Waals surface area contributed by atoms with Crippen molar-refractivity contribution in [3.8, 4) is 11.1 Å². The quantitative estimate of drug-likeness (QED) is 0.611. The SMILES string of the molecule is Cc1ccc(C(=O)Nc2scc(-c3ccccc3)c2C(=O)NCCN)cc1. The van der Waals surface area contributed by atoms with Crippen molar-refractivity contribution in [3.05, 3.63) is 76.7 Å². The van der Waals surface area contributed by atoms with E-state index in [1.54, 1.807) is 12.1 Å². The molecule has 0 spiro atoms. The van der Waals surface area contributed by atoms with E-state index in [4.69, 9.17) is 5.73 Å². The predicted molar refractivity (Wildman–Crippen MR) is 110 cm³/mol. The Kier molecular flexibility index (Phi) is 6.01. The molecule has 0 aliphatic rings. The van der Waals surface area contributed by atoms with Crippen molar-refractivity contribution in [3.63, 3.8) is 0 Å². The van der Waals surface area contributed by atoms with Crippen LogP contribution in [-0.4, -0.2) is 24.9 Å². The van der Waals surface area contributed by atoms with Crippen LogP contribution < -0.4 is 16.4 Å². The van der Waals surface area contributed by atoms with E-state index in [-0.39, 0.29) is 11.8 Å².